The second kappa shape index (κ2) is 7.90. The molecule has 1 saturated carbocycles. The van der Waals surface area contributed by atoms with E-state index in [4.69, 9.17) is 9.84 Å². The number of carboxylic acids is 1. The van der Waals surface area contributed by atoms with Crippen LogP contribution in [0.4, 0.5) is 11.4 Å². The van der Waals surface area contributed by atoms with E-state index in [1.807, 2.05) is 0 Å². The fraction of sp³-hybridized carbons (Fsp3) is 0.250. The van der Waals surface area contributed by atoms with Gasteiger partial charge in [-0.15, -0.1) is 0 Å². The van der Waals surface area contributed by atoms with Gasteiger partial charge in [-0.05, 0) is 37.1 Å². The van der Waals surface area contributed by atoms with Gasteiger partial charge < -0.3 is 20.1 Å². The molecule has 7 nitrogen and oxygen atoms in total. The van der Waals surface area contributed by atoms with Crippen molar-refractivity contribution in [1.29, 1.82) is 0 Å². The molecule has 2 amide bonds. The molecule has 0 aromatic heterocycles. The smallest absolute Gasteiger partial charge is 0.341 e. The van der Waals surface area contributed by atoms with Crippen LogP contribution in [-0.2, 0) is 9.59 Å². The number of hydrogen-bond donors (Lipinski definition) is 2. The van der Waals surface area contributed by atoms with Gasteiger partial charge in [-0.2, -0.15) is 0 Å². The van der Waals surface area contributed by atoms with Crippen molar-refractivity contribution < 1.29 is 24.2 Å². The van der Waals surface area contributed by atoms with E-state index in [1.165, 1.54) is 4.90 Å². The van der Waals surface area contributed by atoms with Crippen LogP contribution < -0.4 is 15.0 Å². The molecule has 2 N–H and O–H groups in total. The first kappa shape index (κ1) is 18.4. The fourth-order valence-electron chi connectivity index (χ4n) is 2.69. The topological polar surface area (TPSA) is 95.9 Å². The van der Waals surface area contributed by atoms with Crippen molar-refractivity contribution in [1.82, 2.24) is 0 Å². The molecular weight excluding hydrogens is 348 g/mol. The van der Waals surface area contributed by atoms with Crippen molar-refractivity contribution in [2.45, 2.75) is 12.8 Å². The Morgan fingerprint density at radius 2 is 1.89 bits per heavy atom. The first-order valence-electron chi connectivity index (χ1n) is 8.58. The molecular formula is C20H20N2O5. The van der Waals surface area contributed by atoms with E-state index in [-0.39, 0.29) is 17.7 Å². The number of carbonyl (C=O) groups excluding carboxylic acids is 2. The number of carboxylic acid groups (broad SMARTS) is 1. The Morgan fingerprint density at radius 3 is 2.59 bits per heavy atom. The fourth-order valence-corrected chi connectivity index (χ4v) is 2.69. The summed E-state index contributed by atoms with van der Waals surface area (Å²) in [7, 11) is 1.67. The lowest BCUT2D eigenvalue weighted by atomic mass is 10.1. The SMILES string of the molecule is CN(C(=O)C1CC1)c1ccccc1C(=O)Nc1cccc(OCC(=O)O)c1. The molecule has 0 radical (unpaired) electrons. The highest BCUT2D eigenvalue weighted by atomic mass is 16.5. The summed E-state index contributed by atoms with van der Waals surface area (Å²) in [5.41, 5.74) is 1.39. The maximum Gasteiger partial charge on any atom is 0.341 e. The number of nitrogens with one attached hydrogen (secondary N) is 1. The minimum atomic E-state index is -1.08. The normalized spacial score (nSPS) is 12.9. The van der Waals surface area contributed by atoms with E-state index in [0.717, 1.165) is 12.8 Å². The monoisotopic (exact) mass is 368 g/mol. The summed E-state index contributed by atoms with van der Waals surface area (Å²) in [6.07, 6.45) is 1.78. The first-order chi connectivity index (χ1) is 13.0. The van der Waals surface area contributed by atoms with E-state index in [2.05, 4.69) is 5.32 Å². The molecule has 140 valence electrons. The van der Waals surface area contributed by atoms with Crippen LogP contribution in [0.1, 0.15) is 23.2 Å². The number of anilines is 2. The van der Waals surface area contributed by atoms with Gasteiger partial charge in [0.2, 0.25) is 5.91 Å². The van der Waals surface area contributed by atoms with Gasteiger partial charge in [-0.25, -0.2) is 4.79 Å². The molecule has 0 unspecified atom stereocenters. The number of amides is 2. The van der Waals surface area contributed by atoms with Crippen molar-refractivity contribution >= 4 is 29.2 Å². The van der Waals surface area contributed by atoms with E-state index >= 15 is 0 Å². The lowest BCUT2D eigenvalue weighted by Crippen LogP contribution is -2.29. The average molecular weight is 368 g/mol. The second-order valence-corrected chi connectivity index (χ2v) is 6.35. The third-order valence-corrected chi connectivity index (χ3v) is 4.22. The predicted molar refractivity (Wildman–Crippen MR) is 100 cm³/mol. The summed E-state index contributed by atoms with van der Waals surface area (Å²) in [5.74, 6) is -1.05. The number of aliphatic carboxylic acids is 1. The van der Waals surface area contributed by atoms with Gasteiger partial charge >= 0.3 is 5.97 Å². The Morgan fingerprint density at radius 1 is 1.15 bits per heavy atom. The minimum Gasteiger partial charge on any atom is -0.482 e. The van der Waals surface area contributed by atoms with Crippen molar-refractivity contribution in [3.05, 3.63) is 54.1 Å². The molecule has 0 aliphatic heterocycles. The van der Waals surface area contributed by atoms with E-state index in [1.54, 1.807) is 55.6 Å². The molecule has 1 fully saturated rings. The number of benzene rings is 2. The number of hydrogen-bond acceptors (Lipinski definition) is 4. The van der Waals surface area contributed by atoms with Gasteiger partial charge in [-0.1, -0.05) is 18.2 Å². The Hall–Kier alpha value is -3.35. The zero-order chi connectivity index (χ0) is 19.4. The third kappa shape index (κ3) is 4.63. The largest absolute Gasteiger partial charge is 0.482 e. The lowest BCUT2D eigenvalue weighted by Gasteiger charge is -2.20. The summed E-state index contributed by atoms with van der Waals surface area (Å²) >= 11 is 0. The molecule has 1 aliphatic rings. The average Bonchev–Trinajstić information content (AvgIpc) is 3.50. The van der Waals surface area contributed by atoms with Gasteiger partial charge in [-0.3, -0.25) is 9.59 Å². The summed E-state index contributed by atoms with van der Waals surface area (Å²) in [4.78, 5) is 37.2. The van der Waals surface area contributed by atoms with Gasteiger partial charge in [0, 0.05) is 24.7 Å². The number of ether oxygens (including phenoxy) is 1. The predicted octanol–water partition coefficient (Wildman–Crippen LogP) is 2.78. The highest BCUT2D eigenvalue weighted by molar-refractivity contribution is 6.11. The molecule has 0 bridgehead atoms. The minimum absolute atomic E-state index is 0.0133. The van der Waals surface area contributed by atoms with Gasteiger partial charge in [0.25, 0.3) is 5.91 Å². The van der Waals surface area contributed by atoms with Crippen LogP contribution in [0, 0.1) is 5.92 Å². The first-order valence-corrected chi connectivity index (χ1v) is 8.58. The standard InChI is InChI=1S/C20H20N2O5/c1-22(20(26)13-9-10-13)17-8-3-2-7-16(17)19(25)21-14-5-4-6-15(11-14)27-12-18(23)24/h2-8,11,13H,9-10,12H2,1H3,(H,21,25)(H,23,24). The second-order valence-electron chi connectivity index (χ2n) is 6.35. The molecule has 7 heteroatoms. The maximum absolute atomic E-state index is 12.7. The van der Waals surface area contributed by atoms with Crippen LogP contribution in [0.5, 0.6) is 5.75 Å². The molecule has 27 heavy (non-hydrogen) atoms. The van der Waals surface area contributed by atoms with E-state index in [0.29, 0.717) is 22.7 Å². The molecule has 2 aromatic rings. The zero-order valence-electron chi connectivity index (χ0n) is 14.8. The van der Waals surface area contributed by atoms with Gasteiger partial charge in [0.05, 0.1) is 11.3 Å². The van der Waals surface area contributed by atoms with E-state index < -0.39 is 12.6 Å². The molecule has 2 aromatic carbocycles. The molecule has 0 heterocycles. The van der Waals surface area contributed by atoms with Gasteiger partial charge in [0.1, 0.15) is 5.75 Å². The Kier molecular flexibility index (Phi) is 5.40. The summed E-state index contributed by atoms with van der Waals surface area (Å²) in [6.45, 7) is -0.464. The number of nitrogens with zero attached hydrogens (tertiary/aromatic N) is 1. The molecule has 0 saturated heterocycles. The van der Waals surface area contributed by atoms with Crippen LogP contribution >= 0.6 is 0 Å². The highest BCUT2D eigenvalue weighted by Crippen LogP contribution is 2.33. The Labute approximate surface area is 156 Å². The maximum atomic E-state index is 12.7. The summed E-state index contributed by atoms with van der Waals surface area (Å²) in [5, 5.41) is 11.4. The number of carbonyl (C=O) groups is 3. The van der Waals surface area contributed by atoms with Crippen LogP contribution in [0.25, 0.3) is 0 Å². The van der Waals surface area contributed by atoms with Crippen LogP contribution in [0.3, 0.4) is 0 Å². The lowest BCUT2D eigenvalue weighted by molar-refractivity contribution is -0.139. The van der Waals surface area contributed by atoms with Crippen molar-refractivity contribution in [2.75, 3.05) is 23.9 Å². The van der Waals surface area contributed by atoms with Crippen LogP contribution in [0.15, 0.2) is 48.5 Å². The van der Waals surface area contributed by atoms with E-state index in [9.17, 15) is 14.4 Å². The van der Waals surface area contributed by atoms with Crippen LogP contribution in [-0.4, -0.2) is 36.5 Å². The quantitative estimate of drug-likeness (QED) is 0.783. The highest BCUT2D eigenvalue weighted by Gasteiger charge is 2.33. The van der Waals surface area contributed by atoms with Crippen molar-refractivity contribution in [3.8, 4) is 5.75 Å². The Bertz CT molecular complexity index is 876. The van der Waals surface area contributed by atoms with Crippen molar-refractivity contribution in [2.24, 2.45) is 5.92 Å². The molecule has 0 atom stereocenters. The summed E-state index contributed by atoms with van der Waals surface area (Å²) in [6, 6.07) is 13.4. The third-order valence-electron chi connectivity index (χ3n) is 4.22. The molecule has 1 aliphatic carbocycles. The van der Waals surface area contributed by atoms with Crippen LogP contribution in [0.2, 0.25) is 0 Å². The number of rotatable bonds is 7. The van der Waals surface area contributed by atoms with Crippen molar-refractivity contribution in [3.63, 3.8) is 0 Å². The number of para-hydroxylation sites is 1. The summed E-state index contributed by atoms with van der Waals surface area (Å²) < 4.78 is 5.12. The van der Waals surface area contributed by atoms with Gasteiger partial charge in [0.15, 0.2) is 6.61 Å². The Balaban J connectivity index is 1.76. The molecule has 0 spiro atoms. The zero-order valence-corrected chi connectivity index (χ0v) is 14.8. The molecule has 3 rings (SSSR count).